The first-order valence-electron chi connectivity index (χ1n) is 4.51. The van der Waals surface area contributed by atoms with Crippen LogP contribution in [0.15, 0.2) is 29.2 Å². The fourth-order valence-electron chi connectivity index (χ4n) is 1.17. The van der Waals surface area contributed by atoms with Gasteiger partial charge in [0.2, 0.25) is 0 Å². The summed E-state index contributed by atoms with van der Waals surface area (Å²) in [5.74, 6) is -0.815. The van der Waals surface area contributed by atoms with Gasteiger partial charge < -0.3 is 5.11 Å². The molecule has 0 saturated carbocycles. The van der Waals surface area contributed by atoms with Crippen molar-refractivity contribution >= 4 is 17.7 Å². The Morgan fingerprint density at radius 2 is 2.27 bits per heavy atom. The maximum absolute atomic E-state index is 10.5. The van der Waals surface area contributed by atoms with Gasteiger partial charge in [0.05, 0.1) is 12.0 Å². The van der Waals surface area contributed by atoms with Crippen molar-refractivity contribution < 1.29 is 9.90 Å². The number of carbonyl (C=O) groups is 1. The molecule has 0 aliphatic heterocycles. The summed E-state index contributed by atoms with van der Waals surface area (Å²) in [6, 6.07) is 9.29. The third kappa shape index (κ3) is 3.64. The Balaban J connectivity index is 2.72. The molecule has 0 fully saturated rings. The Morgan fingerprint density at radius 3 is 2.87 bits per heavy atom. The fourth-order valence-corrected chi connectivity index (χ4v) is 2.22. The summed E-state index contributed by atoms with van der Waals surface area (Å²) >= 11 is 1.42. The highest BCUT2D eigenvalue weighted by atomic mass is 32.2. The smallest absolute Gasteiger partial charge is 0.304 e. The van der Waals surface area contributed by atoms with E-state index in [2.05, 4.69) is 6.07 Å². The number of carboxylic acids is 1. The van der Waals surface area contributed by atoms with Gasteiger partial charge in [-0.15, -0.1) is 11.8 Å². The van der Waals surface area contributed by atoms with Gasteiger partial charge in [-0.3, -0.25) is 4.79 Å². The number of hydrogen-bond acceptors (Lipinski definition) is 3. The van der Waals surface area contributed by atoms with Gasteiger partial charge in [0, 0.05) is 10.1 Å². The lowest BCUT2D eigenvalue weighted by Crippen LogP contribution is -2.05. The van der Waals surface area contributed by atoms with Crippen LogP contribution in [0.3, 0.4) is 0 Å². The highest BCUT2D eigenvalue weighted by Gasteiger charge is 2.11. The van der Waals surface area contributed by atoms with E-state index in [0.717, 1.165) is 4.90 Å². The predicted molar refractivity (Wildman–Crippen MR) is 58.7 cm³/mol. The van der Waals surface area contributed by atoms with E-state index in [9.17, 15) is 4.79 Å². The van der Waals surface area contributed by atoms with E-state index in [0.29, 0.717) is 5.56 Å². The van der Waals surface area contributed by atoms with Gasteiger partial charge in [-0.1, -0.05) is 19.1 Å². The highest BCUT2D eigenvalue weighted by Crippen LogP contribution is 2.27. The second-order valence-electron chi connectivity index (χ2n) is 3.13. The number of thioether (sulfide) groups is 1. The van der Waals surface area contributed by atoms with Gasteiger partial charge in [0.1, 0.15) is 6.07 Å². The molecule has 1 unspecified atom stereocenters. The van der Waals surface area contributed by atoms with Crippen molar-refractivity contribution in [1.82, 2.24) is 0 Å². The zero-order valence-corrected chi connectivity index (χ0v) is 9.12. The van der Waals surface area contributed by atoms with Gasteiger partial charge in [-0.2, -0.15) is 5.26 Å². The lowest BCUT2D eigenvalue weighted by Gasteiger charge is -2.09. The number of nitriles is 1. The highest BCUT2D eigenvalue weighted by molar-refractivity contribution is 8.00. The zero-order chi connectivity index (χ0) is 11.3. The third-order valence-corrected chi connectivity index (χ3v) is 2.98. The summed E-state index contributed by atoms with van der Waals surface area (Å²) < 4.78 is 0. The van der Waals surface area contributed by atoms with Crippen LogP contribution in [0.4, 0.5) is 0 Å². The number of carboxylic acid groups (broad SMARTS) is 1. The number of aliphatic carboxylic acids is 1. The Hall–Kier alpha value is -1.47. The molecule has 78 valence electrons. The van der Waals surface area contributed by atoms with E-state index in [4.69, 9.17) is 10.4 Å². The van der Waals surface area contributed by atoms with E-state index < -0.39 is 5.97 Å². The molecule has 0 heterocycles. The second-order valence-corrected chi connectivity index (χ2v) is 4.61. The molecular weight excluding hydrogens is 210 g/mol. The molecule has 3 nitrogen and oxygen atoms in total. The zero-order valence-electron chi connectivity index (χ0n) is 8.30. The standard InChI is InChI=1S/C11H11NO2S/c1-8(6-11(13)14)15-10-5-3-2-4-9(10)7-12/h2-5,8H,6H2,1H3,(H,13,14). The summed E-state index contributed by atoms with van der Waals surface area (Å²) in [4.78, 5) is 11.3. The normalized spacial score (nSPS) is 11.7. The fraction of sp³-hybridized carbons (Fsp3) is 0.273. The quantitative estimate of drug-likeness (QED) is 0.793. The number of rotatable bonds is 4. The average molecular weight is 221 g/mol. The maximum Gasteiger partial charge on any atom is 0.304 e. The molecular formula is C11H11NO2S. The first-order valence-corrected chi connectivity index (χ1v) is 5.39. The molecule has 0 bridgehead atoms. The van der Waals surface area contributed by atoms with Crippen LogP contribution in [-0.2, 0) is 4.79 Å². The van der Waals surface area contributed by atoms with Gasteiger partial charge >= 0.3 is 5.97 Å². The van der Waals surface area contributed by atoms with Crippen LogP contribution in [0.25, 0.3) is 0 Å². The number of benzene rings is 1. The van der Waals surface area contributed by atoms with Crippen molar-refractivity contribution in [3.05, 3.63) is 29.8 Å². The average Bonchev–Trinajstić information content (AvgIpc) is 2.17. The number of hydrogen-bond donors (Lipinski definition) is 1. The lowest BCUT2D eigenvalue weighted by atomic mass is 10.2. The van der Waals surface area contributed by atoms with Crippen molar-refractivity contribution in [3.8, 4) is 6.07 Å². The monoisotopic (exact) mass is 221 g/mol. The molecule has 0 radical (unpaired) electrons. The van der Waals surface area contributed by atoms with Crippen molar-refractivity contribution in [2.24, 2.45) is 0 Å². The summed E-state index contributed by atoms with van der Waals surface area (Å²) in [5, 5.41) is 17.4. The minimum atomic E-state index is -0.815. The third-order valence-electron chi connectivity index (χ3n) is 1.80. The Labute approximate surface area is 92.7 Å². The van der Waals surface area contributed by atoms with E-state index in [1.165, 1.54) is 11.8 Å². The molecule has 1 aromatic carbocycles. The van der Waals surface area contributed by atoms with Crippen LogP contribution in [0.2, 0.25) is 0 Å². The van der Waals surface area contributed by atoms with E-state index in [1.807, 2.05) is 19.1 Å². The van der Waals surface area contributed by atoms with Gasteiger partial charge in [0.15, 0.2) is 0 Å². The first kappa shape index (κ1) is 11.6. The maximum atomic E-state index is 10.5. The van der Waals surface area contributed by atoms with Crippen molar-refractivity contribution in [1.29, 1.82) is 5.26 Å². The molecule has 1 aromatic rings. The Morgan fingerprint density at radius 1 is 1.60 bits per heavy atom. The summed E-state index contributed by atoms with van der Waals surface area (Å²) in [5.41, 5.74) is 0.597. The molecule has 0 aromatic heterocycles. The molecule has 15 heavy (non-hydrogen) atoms. The van der Waals surface area contributed by atoms with Gasteiger partial charge in [-0.25, -0.2) is 0 Å². The van der Waals surface area contributed by atoms with Crippen LogP contribution < -0.4 is 0 Å². The van der Waals surface area contributed by atoms with Crippen molar-refractivity contribution in [3.63, 3.8) is 0 Å². The molecule has 0 spiro atoms. The van der Waals surface area contributed by atoms with E-state index in [1.54, 1.807) is 12.1 Å². The molecule has 1 atom stereocenters. The SMILES string of the molecule is CC(CC(=O)O)Sc1ccccc1C#N. The summed E-state index contributed by atoms with van der Waals surface area (Å²) in [6.45, 7) is 1.84. The Bertz CT molecular complexity index is 398. The minimum absolute atomic E-state index is 0.0306. The van der Waals surface area contributed by atoms with Crippen LogP contribution in [0.5, 0.6) is 0 Å². The molecule has 0 aliphatic rings. The Kier molecular flexibility index (Phi) is 4.19. The van der Waals surface area contributed by atoms with Crippen LogP contribution >= 0.6 is 11.8 Å². The van der Waals surface area contributed by atoms with Gasteiger partial charge in [-0.05, 0) is 12.1 Å². The van der Waals surface area contributed by atoms with Crippen molar-refractivity contribution in [2.75, 3.05) is 0 Å². The van der Waals surface area contributed by atoms with E-state index >= 15 is 0 Å². The molecule has 0 aliphatic carbocycles. The topological polar surface area (TPSA) is 61.1 Å². The first-order chi connectivity index (χ1) is 7.13. The molecule has 1 N–H and O–H groups in total. The predicted octanol–water partition coefficient (Wildman–Crippen LogP) is 2.51. The second kappa shape index (κ2) is 5.42. The van der Waals surface area contributed by atoms with Crippen LogP contribution in [-0.4, -0.2) is 16.3 Å². The molecule has 4 heteroatoms. The molecule has 1 rings (SSSR count). The lowest BCUT2D eigenvalue weighted by molar-refractivity contribution is -0.136. The molecule has 0 amide bonds. The summed E-state index contributed by atoms with van der Waals surface area (Å²) in [6.07, 6.45) is 0.102. The minimum Gasteiger partial charge on any atom is -0.481 e. The summed E-state index contributed by atoms with van der Waals surface area (Å²) in [7, 11) is 0. The van der Waals surface area contributed by atoms with Crippen LogP contribution in [0.1, 0.15) is 18.9 Å². The number of nitrogens with zero attached hydrogens (tertiary/aromatic N) is 1. The molecule has 0 saturated heterocycles. The van der Waals surface area contributed by atoms with Crippen LogP contribution in [0, 0.1) is 11.3 Å². The van der Waals surface area contributed by atoms with Gasteiger partial charge in [0.25, 0.3) is 0 Å². The van der Waals surface area contributed by atoms with E-state index in [-0.39, 0.29) is 11.7 Å². The van der Waals surface area contributed by atoms with Crippen molar-refractivity contribution in [2.45, 2.75) is 23.5 Å². The largest absolute Gasteiger partial charge is 0.481 e.